The maximum Gasteiger partial charge on any atom is 0.426 e. The van der Waals surface area contributed by atoms with E-state index in [1.165, 1.54) is 32.9 Å². The Balaban J connectivity index is 0.000000300. The number of amides is 2. The van der Waals surface area contributed by atoms with Gasteiger partial charge in [0.25, 0.3) is 0 Å². The molecule has 0 saturated carbocycles. The second-order valence-corrected chi connectivity index (χ2v) is 17.4. The van der Waals surface area contributed by atoms with Gasteiger partial charge in [0.1, 0.15) is 11.2 Å². The molecule has 0 aliphatic carbocycles. The van der Waals surface area contributed by atoms with Crippen molar-refractivity contribution in [2.75, 3.05) is 40.4 Å². The molecule has 0 unspecified atom stereocenters. The second kappa shape index (κ2) is 21.1. The number of rotatable bonds is 16. The fourth-order valence-electron chi connectivity index (χ4n) is 5.69. The van der Waals surface area contributed by atoms with Crippen molar-refractivity contribution in [1.82, 2.24) is 17.2 Å². The summed E-state index contributed by atoms with van der Waals surface area (Å²) in [6.45, 7) is 21.2. The molecule has 312 valence electrons. The number of benzene rings is 2. The van der Waals surface area contributed by atoms with Crippen molar-refractivity contribution < 1.29 is 47.6 Å². The normalized spacial score (nSPS) is 14.6. The predicted molar refractivity (Wildman–Crippen MR) is 219 cm³/mol. The van der Waals surface area contributed by atoms with Crippen LogP contribution in [0.25, 0.3) is 0 Å². The molecule has 2 aliphatic rings. The molecule has 4 rings (SSSR count). The third-order valence-electron chi connectivity index (χ3n) is 8.31. The topological polar surface area (TPSA) is 137 Å². The Hall–Kier alpha value is -3.86. The smallest absolute Gasteiger partial charge is 0.426 e. The average Bonchev–Trinajstić information content (AvgIpc) is 3.62. The number of fused-ring (bicyclic) bond motifs is 2. The monoisotopic (exact) mass is 820 g/mol. The molecule has 0 N–H and O–H groups in total. The van der Waals surface area contributed by atoms with E-state index in [0.717, 1.165) is 24.0 Å². The molecule has 0 radical (unpaired) electrons. The molecule has 0 bridgehead atoms. The molecule has 56 heavy (non-hydrogen) atoms. The van der Waals surface area contributed by atoms with E-state index in [2.05, 4.69) is 0 Å². The number of esters is 2. The van der Waals surface area contributed by atoms with Crippen LogP contribution >= 0.6 is 24.3 Å². The maximum absolute atomic E-state index is 12.6. The Morgan fingerprint density at radius 1 is 0.661 bits per heavy atom. The molecule has 14 nitrogen and oxygen atoms in total. The number of hydrogen-bond donors (Lipinski definition) is 0. The fourth-order valence-corrected chi connectivity index (χ4v) is 7.25. The Kier molecular flexibility index (Phi) is 17.5. The quantitative estimate of drug-likeness (QED) is 0.119. The molecular formula is C40H60N4O10S2. The summed E-state index contributed by atoms with van der Waals surface area (Å²) in [4.78, 5) is 48.4. The molecule has 2 aromatic carbocycles. The molecule has 2 aromatic rings. The summed E-state index contributed by atoms with van der Waals surface area (Å²) in [5.74, 6) is 1.59. The zero-order valence-corrected chi connectivity index (χ0v) is 36.6. The van der Waals surface area contributed by atoms with Crippen LogP contribution in [0.5, 0.6) is 23.0 Å². The lowest BCUT2D eigenvalue weighted by molar-refractivity contribution is -0.144. The highest BCUT2D eigenvalue weighted by molar-refractivity contribution is 7.95. The van der Waals surface area contributed by atoms with Crippen molar-refractivity contribution in [1.29, 1.82) is 0 Å². The molecule has 2 heterocycles. The first-order valence-corrected chi connectivity index (χ1v) is 20.4. The molecule has 0 fully saturated rings. The van der Waals surface area contributed by atoms with Gasteiger partial charge in [-0.05, 0) is 81.4 Å². The van der Waals surface area contributed by atoms with E-state index in [0.29, 0.717) is 49.3 Å². The third-order valence-corrected chi connectivity index (χ3v) is 10.7. The molecule has 2 amide bonds. The van der Waals surface area contributed by atoms with Gasteiger partial charge in [0.05, 0.1) is 26.1 Å². The van der Waals surface area contributed by atoms with Crippen molar-refractivity contribution in [3.05, 3.63) is 47.5 Å². The van der Waals surface area contributed by atoms with E-state index in [1.807, 2.05) is 88.3 Å². The van der Waals surface area contributed by atoms with Crippen molar-refractivity contribution in [3.8, 4) is 23.0 Å². The Labute approximate surface area is 341 Å². The van der Waals surface area contributed by atoms with E-state index in [4.69, 9.17) is 28.4 Å². The number of ether oxygens (including phenoxy) is 6. The minimum atomic E-state index is -0.506. The van der Waals surface area contributed by atoms with Crippen molar-refractivity contribution >= 4 is 48.4 Å². The third kappa shape index (κ3) is 14.3. The van der Waals surface area contributed by atoms with Crippen molar-refractivity contribution in [2.45, 2.75) is 118 Å². The average molecular weight is 821 g/mol. The predicted octanol–water partition coefficient (Wildman–Crippen LogP) is 8.12. The van der Waals surface area contributed by atoms with Crippen LogP contribution in [-0.4, -0.2) is 105 Å². The van der Waals surface area contributed by atoms with E-state index in [-0.39, 0.29) is 48.1 Å². The van der Waals surface area contributed by atoms with Crippen LogP contribution < -0.4 is 18.9 Å². The van der Waals surface area contributed by atoms with Gasteiger partial charge in [-0.3, -0.25) is 9.59 Å². The van der Waals surface area contributed by atoms with Gasteiger partial charge in [-0.1, -0.05) is 24.3 Å². The van der Waals surface area contributed by atoms with Gasteiger partial charge in [-0.25, -0.2) is 26.8 Å². The van der Waals surface area contributed by atoms with Crippen molar-refractivity contribution in [2.24, 2.45) is 0 Å². The summed E-state index contributed by atoms with van der Waals surface area (Å²) in [5, 5.41) is 0. The summed E-state index contributed by atoms with van der Waals surface area (Å²) >= 11 is 2.43. The summed E-state index contributed by atoms with van der Waals surface area (Å²) in [6, 6.07) is 11.4. The van der Waals surface area contributed by atoms with Crippen LogP contribution in [0, 0.1) is 0 Å². The van der Waals surface area contributed by atoms with Crippen LogP contribution in [0.3, 0.4) is 0 Å². The SMILES string of the molecule is CCOC(=O)CCN(SN(C)C(=O)Oc1cccc2c1OC(C)(C)C2)C(C)C.CCOC(=O)CCN(SN(C)C(=O)Oc1cccc2c1OC(C)(C)C2)C(C)C. The summed E-state index contributed by atoms with van der Waals surface area (Å²) in [7, 11) is 3.28. The van der Waals surface area contributed by atoms with Crippen molar-refractivity contribution in [3.63, 3.8) is 0 Å². The van der Waals surface area contributed by atoms with Gasteiger partial charge in [-0.2, -0.15) is 0 Å². The van der Waals surface area contributed by atoms with E-state index in [9.17, 15) is 19.2 Å². The second-order valence-electron chi connectivity index (χ2n) is 15.0. The Morgan fingerprint density at radius 3 is 1.34 bits per heavy atom. The van der Waals surface area contributed by atoms with Gasteiger partial charge in [0.2, 0.25) is 0 Å². The maximum atomic E-state index is 12.6. The zero-order valence-electron chi connectivity index (χ0n) is 35.0. The molecule has 0 atom stereocenters. The first kappa shape index (κ1) is 46.5. The largest absolute Gasteiger partial charge is 0.483 e. The molecular weight excluding hydrogens is 761 g/mol. The first-order valence-electron chi connectivity index (χ1n) is 19.0. The van der Waals surface area contributed by atoms with Crippen LogP contribution in [-0.2, 0) is 31.9 Å². The van der Waals surface area contributed by atoms with E-state index >= 15 is 0 Å². The lowest BCUT2D eigenvalue weighted by Gasteiger charge is -2.28. The fraction of sp³-hybridized carbons (Fsp3) is 0.600. The summed E-state index contributed by atoms with van der Waals surface area (Å²) in [5.41, 5.74) is 1.44. The highest BCUT2D eigenvalue weighted by atomic mass is 32.2. The van der Waals surface area contributed by atoms with E-state index in [1.54, 1.807) is 40.1 Å². The lowest BCUT2D eigenvalue weighted by Crippen LogP contribution is -2.34. The van der Waals surface area contributed by atoms with Gasteiger partial charge in [0, 0.05) is 87.5 Å². The van der Waals surface area contributed by atoms with Gasteiger partial charge in [-0.15, -0.1) is 0 Å². The molecule has 0 saturated heterocycles. The van der Waals surface area contributed by atoms with Crippen LogP contribution in [0.1, 0.15) is 93.2 Å². The highest BCUT2D eigenvalue weighted by Gasteiger charge is 2.34. The van der Waals surface area contributed by atoms with Gasteiger partial charge < -0.3 is 28.4 Å². The number of hydrogen-bond acceptors (Lipinski definition) is 14. The number of para-hydroxylation sites is 2. The van der Waals surface area contributed by atoms with Crippen LogP contribution in [0.2, 0.25) is 0 Å². The molecule has 16 heteroatoms. The van der Waals surface area contributed by atoms with Gasteiger partial charge >= 0.3 is 24.1 Å². The summed E-state index contributed by atoms with van der Waals surface area (Å²) < 4.78 is 39.7. The molecule has 0 spiro atoms. The van der Waals surface area contributed by atoms with Crippen LogP contribution in [0.4, 0.5) is 9.59 Å². The molecule has 0 aromatic heterocycles. The number of nitrogens with zero attached hydrogens (tertiary/aromatic N) is 4. The Bertz CT molecular complexity index is 1540. The zero-order chi connectivity index (χ0) is 41.8. The minimum Gasteiger partial charge on any atom is -0.483 e. The van der Waals surface area contributed by atoms with Gasteiger partial charge in [0.15, 0.2) is 23.0 Å². The van der Waals surface area contributed by atoms with Crippen LogP contribution in [0.15, 0.2) is 36.4 Å². The minimum absolute atomic E-state index is 0.125. The highest BCUT2D eigenvalue weighted by Crippen LogP contribution is 2.43. The molecule has 2 aliphatic heterocycles. The lowest BCUT2D eigenvalue weighted by atomic mass is 10.0. The number of carbonyl (C=O) groups excluding carboxylic acids is 4. The number of carbonyl (C=O) groups is 4. The van der Waals surface area contributed by atoms with E-state index < -0.39 is 12.2 Å². The first-order chi connectivity index (χ1) is 26.3. The standard InChI is InChI=1S/2C20H30N2O5S/c2*1-7-25-17(23)11-12-22(14(2)3)28-21(6)19(24)26-16-10-8-9-15-13-20(4,5)27-18(15)16/h2*8-10,14H,7,11-13H2,1-6H3. The Morgan fingerprint density at radius 2 is 1.02 bits per heavy atom. The summed E-state index contributed by atoms with van der Waals surface area (Å²) in [6.07, 6.45) is 1.05.